The first-order chi connectivity index (χ1) is 14.7. The Bertz CT molecular complexity index is 953. The van der Waals surface area contributed by atoms with E-state index in [1.165, 1.54) is 16.5 Å². The molecule has 1 aromatic heterocycles. The number of amides is 1. The van der Waals surface area contributed by atoms with Crippen molar-refractivity contribution in [3.63, 3.8) is 0 Å². The first kappa shape index (κ1) is 20.6. The van der Waals surface area contributed by atoms with E-state index in [1.807, 2.05) is 24.4 Å². The Kier molecular flexibility index (Phi) is 6.82. The van der Waals surface area contributed by atoms with Crippen LogP contribution in [0, 0.1) is 0 Å². The van der Waals surface area contributed by atoms with Crippen molar-refractivity contribution in [2.75, 3.05) is 26.2 Å². The number of aryl methyl sites for hydroxylation is 1. The van der Waals surface area contributed by atoms with Crippen molar-refractivity contribution >= 4 is 16.8 Å². The summed E-state index contributed by atoms with van der Waals surface area (Å²) in [5, 5.41) is 13.7. The third kappa shape index (κ3) is 4.91. The van der Waals surface area contributed by atoms with Gasteiger partial charge < -0.3 is 20.3 Å². The summed E-state index contributed by atoms with van der Waals surface area (Å²) in [6.45, 7) is 2.92. The minimum Gasteiger partial charge on any atom is -0.396 e. The van der Waals surface area contributed by atoms with Crippen LogP contribution in [-0.2, 0) is 11.2 Å². The highest BCUT2D eigenvalue weighted by atomic mass is 16.3. The molecule has 2 heterocycles. The SMILES string of the molecule is O=C(CCc1c[nH]c2ccccc12)N[C@@H]1CN(CCCO)CC[C@H]1c1ccccc1. The zero-order chi connectivity index (χ0) is 20.8. The summed E-state index contributed by atoms with van der Waals surface area (Å²) in [5.74, 6) is 0.434. The largest absolute Gasteiger partial charge is 0.396 e. The van der Waals surface area contributed by atoms with Gasteiger partial charge in [-0.3, -0.25) is 4.79 Å². The second-order valence-corrected chi connectivity index (χ2v) is 8.22. The van der Waals surface area contributed by atoms with Crippen LogP contribution < -0.4 is 5.32 Å². The van der Waals surface area contributed by atoms with E-state index in [-0.39, 0.29) is 18.6 Å². The van der Waals surface area contributed by atoms with E-state index in [4.69, 9.17) is 0 Å². The number of aromatic nitrogens is 1. The lowest BCUT2D eigenvalue weighted by atomic mass is 9.85. The summed E-state index contributed by atoms with van der Waals surface area (Å²) in [6.07, 6.45) is 5.02. The fourth-order valence-electron chi connectivity index (χ4n) is 4.63. The van der Waals surface area contributed by atoms with Crippen molar-refractivity contribution in [3.05, 3.63) is 71.9 Å². The van der Waals surface area contributed by atoms with E-state index < -0.39 is 0 Å². The van der Waals surface area contributed by atoms with Crippen LogP contribution in [0.25, 0.3) is 10.9 Å². The molecule has 0 unspecified atom stereocenters. The van der Waals surface area contributed by atoms with Crippen LogP contribution in [0.2, 0.25) is 0 Å². The molecular formula is C25H31N3O2. The molecule has 0 radical (unpaired) electrons. The van der Waals surface area contributed by atoms with Gasteiger partial charge in [-0.15, -0.1) is 0 Å². The number of carbonyl (C=O) groups excluding carboxylic acids is 1. The predicted molar refractivity (Wildman–Crippen MR) is 120 cm³/mol. The van der Waals surface area contributed by atoms with E-state index in [9.17, 15) is 9.90 Å². The van der Waals surface area contributed by atoms with Gasteiger partial charge in [-0.05, 0) is 43.0 Å². The quantitative estimate of drug-likeness (QED) is 0.538. The molecule has 0 bridgehead atoms. The average Bonchev–Trinajstić information content (AvgIpc) is 3.20. The number of benzene rings is 2. The summed E-state index contributed by atoms with van der Waals surface area (Å²) in [5.41, 5.74) is 3.60. The molecule has 30 heavy (non-hydrogen) atoms. The second kappa shape index (κ2) is 9.92. The number of nitrogens with zero attached hydrogens (tertiary/aromatic N) is 1. The first-order valence-corrected chi connectivity index (χ1v) is 11.0. The maximum Gasteiger partial charge on any atom is 0.220 e. The highest BCUT2D eigenvalue weighted by molar-refractivity contribution is 5.84. The number of aliphatic hydroxyl groups is 1. The lowest BCUT2D eigenvalue weighted by Crippen LogP contribution is -2.51. The van der Waals surface area contributed by atoms with Crippen molar-refractivity contribution in [1.82, 2.24) is 15.2 Å². The van der Waals surface area contributed by atoms with Crippen LogP contribution in [0.5, 0.6) is 0 Å². The Morgan fingerprint density at radius 2 is 1.93 bits per heavy atom. The number of rotatable bonds is 8. The molecule has 1 amide bonds. The molecule has 1 saturated heterocycles. The molecule has 0 saturated carbocycles. The first-order valence-electron chi connectivity index (χ1n) is 11.0. The number of para-hydroxylation sites is 1. The van der Waals surface area contributed by atoms with Crippen molar-refractivity contribution < 1.29 is 9.90 Å². The lowest BCUT2D eigenvalue weighted by molar-refractivity contribution is -0.122. The van der Waals surface area contributed by atoms with E-state index in [0.29, 0.717) is 12.3 Å². The maximum absolute atomic E-state index is 12.9. The van der Waals surface area contributed by atoms with Crippen molar-refractivity contribution in [3.8, 4) is 0 Å². The third-order valence-electron chi connectivity index (χ3n) is 6.20. The fraction of sp³-hybridized carbons (Fsp3) is 0.400. The number of hydrogen-bond donors (Lipinski definition) is 3. The summed E-state index contributed by atoms with van der Waals surface area (Å²) in [4.78, 5) is 18.5. The molecule has 0 spiro atoms. The minimum atomic E-state index is 0.0929. The van der Waals surface area contributed by atoms with Gasteiger partial charge in [-0.25, -0.2) is 0 Å². The minimum absolute atomic E-state index is 0.0929. The zero-order valence-electron chi connectivity index (χ0n) is 17.4. The highest BCUT2D eigenvalue weighted by Crippen LogP contribution is 2.28. The van der Waals surface area contributed by atoms with Gasteiger partial charge in [0.2, 0.25) is 5.91 Å². The molecule has 3 N–H and O–H groups in total. The number of carbonyl (C=O) groups is 1. The standard InChI is InChI=1S/C25H31N3O2/c29-16-6-14-28-15-13-22(19-7-2-1-3-8-19)24(18-28)27-25(30)12-11-20-17-26-23-10-5-4-9-21(20)23/h1-5,7-10,17,22,24,26,29H,6,11-16,18H2,(H,27,30)/t22-,24+/m0/s1. The van der Waals surface area contributed by atoms with Gasteiger partial charge in [0, 0.05) is 55.2 Å². The van der Waals surface area contributed by atoms with Crippen molar-refractivity contribution in [1.29, 1.82) is 0 Å². The molecule has 2 atom stereocenters. The molecule has 0 aliphatic carbocycles. The smallest absolute Gasteiger partial charge is 0.220 e. The van der Waals surface area contributed by atoms with E-state index in [2.05, 4.69) is 51.6 Å². The summed E-state index contributed by atoms with van der Waals surface area (Å²) in [6, 6.07) is 18.8. The number of piperidine rings is 1. The van der Waals surface area contributed by atoms with Gasteiger partial charge in [0.05, 0.1) is 0 Å². The van der Waals surface area contributed by atoms with E-state index >= 15 is 0 Å². The topological polar surface area (TPSA) is 68.4 Å². The molecule has 3 aromatic rings. The van der Waals surface area contributed by atoms with E-state index in [0.717, 1.165) is 44.4 Å². The molecule has 1 fully saturated rings. The normalized spacial score (nSPS) is 19.8. The molecule has 4 rings (SSSR count). The number of H-pyrrole nitrogens is 1. The summed E-state index contributed by atoms with van der Waals surface area (Å²) >= 11 is 0. The summed E-state index contributed by atoms with van der Waals surface area (Å²) in [7, 11) is 0. The number of nitrogens with one attached hydrogen (secondary N) is 2. The third-order valence-corrected chi connectivity index (χ3v) is 6.20. The van der Waals surface area contributed by atoms with Gasteiger partial charge in [0.1, 0.15) is 0 Å². The highest BCUT2D eigenvalue weighted by Gasteiger charge is 2.31. The Morgan fingerprint density at radius 3 is 2.77 bits per heavy atom. The van der Waals surface area contributed by atoms with Crippen LogP contribution in [0.4, 0.5) is 0 Å². The Balaban J connectivity index is 1.41. The Hall–Kier alpha value is -2.63. The lowest BCUT2D eigenvalue weighted by Gasteiger charge is -2.39. The van der Waals surface area contributed by atoms with Gasteiger partial charge in [-0.2, -0.15) is 0 Å². The second-order valence-electron chi connectivity index (χ2n) is 8.22. The van der Waals surface area contributed by atoms with Gasteiger partial charge in [0.15, 0.2) is 0 Å². The maximum atomic E-state index is 12.9. The zero-order valence-corrected chi connectivity index (χ0v) is 17.4. The molecule has 2 aromatic carbocycles. The molecule has 158 valence electrons. The van der Waals surface area contributed by atoms with Crippen molar-refractivity contribution in [2.24, 2.45) is 0 Å². The molecular weight excluding hydrogens is 374 g/mol. The number of likely N-dealkylation sites (tertiary alicyclic amines) is 1. The number of aliphatic hydroxyl groups excluding tert-OH is 1. The predicted octanol–water partition coefficient (Wildman–Crippen LogP) is 3.46. The Labute approximate surface area is 178 Å². The van der Waals surface area contributed by atoms with Gasteiger partial charge in [0.25, 0.3) is 0 Å². The van der Waals surface area contributed by atoms with Crippen LogP contribution >= 0.6 is 0 Å². The van der Waals surface area contributed by atoms with Crippen LogP contribution in [-0.4, -0.2) is 53.2 Å². The number of hydrogen-bond acceptors (Lipinski definition) is 3. The monoisotopic (exact) mass is 405 g/mol. The van der Waals surface area contributed by atoms with Crippen molar-refractivity contribution in [2.45, 2.75) is 37.6 Å². The number of aromatic amines is 1. The fourth-order valence-corrected chi connectivity index (χ4v) is 4.63. The Morgan fingerprint density at radius 1 is 1.13 bits per heavy atom. The van der Waals surface area contributed by atoms with Crippen LogP contribution in [0.1, 0.15) is 36.3 Å². The van der Waals surface area contributed by atoms with Crippen LogP contribution in [0.15, 0.2) is 60.8 Å². The molecule has 5 nitrogen and oxygen atoms in total. The van der Waals surface area contributed by atoms with Crippen LogP contribution in [0.3, 0.4) is 0 Å². The summed E-state index contributed by atoms with van der Waals surface area (Å²) < 4.78 is 0. The van der Waals surface area contributed by atoms with Gasteiger partial charge in [-0.1, -0.05) is 48.5 Å². The average molecular weight is 406 g/mol. The number of fused-ring (bicyclic) bond motifs is 1. The molecule has 1 aliphatic rings. The molecule has 1 aliphatic heterocycles. The molecule has 5 heteroatoms. The van der Waals surface area contributed by atoms with Gasteiger partial charge >= 0.3 is 0 Å². The van der Waals surface area contributed by atoms with E-state index in [1.54, 1.807) is 0 Å².